The largest absolute Gasteiger partial charge is 0.434 e. The van der Waals surface area contributed by atoms with Gasteiger partial charge in [0.25, 0.3) is 5.91 Å². The van der Waals surface area contributed by atoms with E-state index in [1.807, 2.05) is 0 Å². The lowest BCUT2D eigenvalue weighted by molar-refractivity contribution is -0.141. The van der Waals surface area contributed by atoms with E-state index in [-0.39, 0.29) is 11.8 Å². The maximum absolute atomic E-state index is 13.8. The molecule has 0 bridgehead atoms. The summed E-state index contributed by atoms with van der Waals surface area (Å²) in [5.41, 5.74) is -1.07. The van der Waals surface area contributed by atoms with Gasteiger partial charge in [0, 0.05) is 31.7 Å². The number of alkyl halides is 3. The molecule has 2 fully saturated rings. The lowest BCUT2D eigenvalue weighted by Gasteiger charge is -2.29. The zero-order valence-corrected chi connectivity index (χ0v) is 14.2. The normalized spacial score (nSPS) is 24.9. The first-order valence-electron chi connectivity index (χ1n) is 8.65. The zero-order chi connectivity index (χ0) is 19.2. The molecule has 1 N–H and O–H groups in total. The van der Waals surface area contributed by atoms with Crippen LogP contribution in [0.15, 0.2) is 42.6 Å². The Balaban J connectivity index is 1.75. The topological polar surface area (TPSA) is 45.2 Å². The van der Waals surface area contributed by atoms with Gasteiger partial charge in [0.05, 0.1) is 11.6 Å². The molecule has 142 valence electrons. The highest BCUT2D eigenvalue weighted by Gasteiger charge is 2.48. The van der Waals surface area contributed by atoms with E-state index in [1.165, 1.54) is 23.1 Å². The van der Waals surface area contributed by atoms with Crippen LogP contribution in [0.1, 0.15) is 27.7 Å². The Kier molecular flexibility index (Phi) is 4.38. The van der Waals surface area contributed by atoms with E-state index in [1.54, 1.807) is 12.1 Å². The number of aromatic nitrogens is 1. The van der Waals surface area contributed by atoms with Crippen molar-refractivity contribution in [3.05, 3.63) is 65.2 Å². The third kappa shape index (κ3) is 3.18. The van der Waals surface area contributed by atoms with Gasteiger partial charge in [-0.2, -0.15) is 13.2 Å². The highest BCUT2D eigenvalue weighted by molar-refractivity contribution is 5.96. The number of rotatable bonds is 2. The van der Waals surface area contributed by atoms with E-state index in [2.05, 4.69) is 10.3 Å². The number of carbonyl (C=O) groups excluding carboxylic acids is 1. The molecule has 2 aliphatic rings. The number of hydrogen-bond acceptors (Lipinski definition) is 3. The first-order valence-corrected chi connectivity index (χ1v) is 8.65. The van der Waals surface area contributed by atoms with E-state index < -0.39 is 35.2 Å². The smallest absolute Gasteiger partial charge is 0.331 e. The molecule has 3 atom stereocenters. The second kappa shape index (κ2) is 6.60. The van der Waals surface area contributed by atoms with Crippen LogP contribution in [-0.2, 0) is 6.18 Å². The summed E-state index contributed by atoms with van der Waals surface area (Å²) in [6.45, 7) is 1.64. The molecule has 2 aromatic rings. The number of pyridine rings is 1. The molecule has 4 nitrogen and oxygen atoms in total. The zero-order valence-electron chi connectivity index (χ0n) is 14.2. The van der Waals surface area contributed by atoms with Crippen LogP contribution in [-0.4, -0.2) is 35.4 Å². The fourth-order valence-corrected chi connectivity index (χ4v) is 4.21. The van der Waals surface area contributed by atoms with Gasteiger partial charge in [0.15, 0.2) is 5.69 Å². The molecule has 0 spiro atoms. The van der Waals surface area contributed by atoms with Crippen molar-refractivity contribution in [1.82, 2.24) is 15.2 Å². The SMILES string of the molecule is O=C(c1cccnc1C(F)(F)F)N1C[C@@H]2CNC[C@@H]2[C@H]1c1cccc(F)c1. The van der Waals surface area contributed by atoms with Crippen LogP contribution < -0.4 is 5.32 Å². The summed E-state index contributed by atoms with van der Waals surface area (Å²) in [7, 11) is 0. The van der Waals surface area contributed by atoms with Crippen molar-refractivity contribution in [2.45, 2.75) is 12.2 Å². The molecule has 1 amide bonds. The fraction of sp³-hybridized carbons (Fsp3) is 0.368. The molecule has 0 radical (unpaired) electrons. The average Bonchev–Trinajstić information content (AvgIpc) is 3.21. The predicted molar refractivity (Wildman–Crippen MR) is 89.3 cm³/mol. The van der Waals surface area contributed by atoms with Crippen LogP contribution in [0.3, 0.4) is 0 Å². The molecule has 3 heterocycles. The van der Waals surface area contributed by atoms with Crippen molar-refractivity contribution in [3.63, 3.8) is 0 Å². The number of halogens is 4. The Hall–Kier alpha value is -2.48. The van der Waals surface area contributed by atoms with E-state index in [0.717, 1.165) is 12.3 Å². The van der Waals surface area contributed by atoms with Gasteiger partial charge in [0.1, 0.15) is 5.82 Å². The lowest BCUT2D eigenvalue weighted by Crippen LogP contribution is -2.36. The molecule has 2 saturated heterocycles. The van der Waals surface area contributed by atoms with E-state index in [0.29, 0.717) is 25.2 Å². The summed E-state index contributed by atoms with van der Waals surface area (Å²) in [6, 6.07) is 7.90. The first kappa shape index (κ1) is 17.9. The third-order valence-electron chi connectivity index (χ3n) is 5.32. The summed E-state index contributed by atoms with van der Waals surface area (Å²) in [5, 5.41) is 3.25. The molecule has 1 aromatic heterocycles. The molecule has 0 saturated carbocycles. The Morgan fingerprint density at radius 2 is 2.00 bits per heavy atom. The number of benzene rings is 1. The minimum absolute atomic E-state index is 0.0294. The van der Waals surface area contributed by atoms with Crippen molar-refractivity contribution in [2.75, 3.05) is 19.6 Å². The van der Waals surface area contributed by atoms with Crippen LogP contribution in [0, 0.1) is 17.7 Å². The molecule has 0 unspecified atom stereocenters. The standard InChI is InChI=1S/C19H17F4N3O/c20-13-4-1-3-11(7-13)16-15-9-24-8-12(15)10-26(16)18(27)14-5-2-6-25-17(14)19(21,22)23/h1-7,12,15-16,24H,8-10H2/t12-,15-,16+/m0/s1. The molecule has 8 heteroatoms. The molecule has 4 rings (SSSR count). The van der Waals surface area contributed by atoms with Gasteiger partial charge in [-0.3, -0.25) is 9.78 Å². The Morgan fingerprint density at radius 3 is 2.74 bits per heavy atom. The van der Waals surface area contributed by atoms with Gasteiger partial charge in [-0.1, -0.05) is 12.1 Å². The van der Waals surface area contributed by atoms with Crippen molar-refractivity contribution < 1.29 is 22.4 Å². The van der Waals surface area contributed by atoms with Crippen LogP contribution in [0.2, 0.25) is 0 Å². The lowest BCUT2D eigenvalue weighted by atomic mass is 9.89. The summed E-state index contributed by atoms with van der Waals surface area (Å²) in [6.07, 6.45) is -3.70. The van der Waals surface area contributed by atoms with E-state index >= 15 is 0 Å². The van der Waals surface area contributed by atoms with Gasteiger partial charge in [-0.25, -0.2) is 4.39 Å². The van der Waals surface area contributed by atoms with Gasteiger partial charge in [-0.05, 0) is 35.7 Å². The first-order chi connectivity index (χ1) is 12.9. The number of carbonyl (C=O) groups is 1. The summed E-state index contributed by atoms with van der Waals surface area (Å²) >= 11 is 0. The van der Waals surface area contributed by atoms with Crippen molar-refractivity contribution in [2.24, 2.45) is 11.8 Å². The van der Waals surface area contributed by atoms with Crippen LogP contribution >= 0.6 is 0 Å². The summed E-state index contributed by atoms with van der Waals surface area (Å²) < 4.78 is 53.7. The van der Waals surface area contributed by atoms with Gasteiger partial charge >= 0.3 is 6.18 Å². The molecule has 27 heavy (non-hydrogen) atoms. The van der Waals surface area contributed by atoms with E-state index in [4.69, 9.17) is 0 Å². The average molecular weight is 379 g/mol. The number of nitrogens with one attached hydrogen (secondary N) is 1. The Labute approximate surface area is 153 Å². The van der Waals surface area contributed by atoms with Crippen LogP contribution in [0.4, 0.5) is 17.6 Å². The van der Waals surface area contributed by atoms with Gasteiger partial charge in [-0.15, -0.1) is 0 Å². The van der Waals surface area contributed by atoms with Crippen molar-refractivity contribution in [3.8, 4) is 0 Å². The van der Waals surface area contributed by atoms with Gasteiger partial charge < -0.3 is 10.2 Å². The minimum Gasteiger partial charge on any atom is -0.331 e. The number of hydrogen-bond donors (Lipinski definition) is 1. The minimum atomic E-state index is -4.72. The Bertz CT molecular complexity index is 870. The van der Waals surface area contributed by atoms with Crippen molar-refractivity contribution >= 4 is 5.91 Å². The highest BCUT2D eigenvalue weighted by atomic mass is 19.4. The van der Waals surface area contributed by atoms with Crippen LogP contribution in [0.25, 0.3) is 0 Å². The highest BCUT2D eigenvalue weighted by Crippen LogP contribution is 2.44. The molecular weight excluding hydrogens is 362 g/mol. The summed E-state index contributed by atoms with van der Waals surface area (Å²) in [4.78, 5) is 17.9. The molecule has 0 aliphatic carbocycles. The monoisotopic (exact) mass is 379 g/mol. The second-order valence-corrected chi connectivity index (χ2v) is 6.94. The second-order valence-electron chi connectivity index (χ2n) is 6.94. The molecule has 2 aliphatic heterocycles. The molecular formula is C19H17F4N3O. The number of amides is 1. The van der Waals surface area contributed by atoms with Crippen molar-refractivity contribution in [1.29, 1.82) is 0 Å². The van der Waals surface area contributed by atoms with Gasteiger partial charge in [0.2, 0.25) is 0 Å². The fourth-order valence-electron chi connectivity index (χ4n) is 4.21. The quantitative estimate of drug-likeness (QED) is 0.815. The predicted octanol–water partition coefficient (Wildman–Crippen LogP) is 3.27. The maximum Gasteiger partial charge on any atom is 0.434 e. The maximum atomic E-state index is 13.8. The number of fused-ring (bicyclic) bond motifs is 1. The van der Waals surface area contributed by atoms with E-state index in [9.17, 15) is 22.4 Å². The Morgan fingerprint density at radius 1 is 1.19 bits per heavy atom. The third-order valence-corrected chi connectivity index (χ3v) is 5.32. The number of likely N-dealkylation sites (tertiary alicyclic amines) is 1. The molecule has 1 aromatic carbocycles. The number of nitrogens with zero attached hydrogens (tertiary/aromatic N) is 2. The van der Waals surface area contributed by atoms with Crippen LogP contribution in [0.5, 0.6) is 0 Å². The summed E-state index contributed by atoms with van der Waals surface area (Å²) in [5.74, 6) is -1.01.